The maximum atomic E-state index is 12.4. The molecule has 3 nitrogen and oxygen atoms in total. The molecule has 20 heavy (non-hydrogen) atoms. The minimum Gasteiger partial charge on any atom is -0.490 e. The number of alkyl halides is 3. The highest BCUT2D eigenvalue weighted by Gasteiger charge is 2.31. The molecule has 1 heterocycles. The molecule has 0 aliphatic carbocycles. The summed E-state index contributed by atoms with van der Waals surface area (Å²) in [6, 6.07) is 4.77. The number of hydrogen-bond donors (Lipinski definition) is 1. The lowest BCUT2D eigenvalue weighted by atomic mass is 9.99. The minimum atomic E-state index is -4.33. The van der Waals surface area contributed by atoms with Gasteiger partial charge in [-0.3, -0.25) is 0 Å². The summed E-state index contributed by atoms with van der Waals surface area (Å²) in [5.41, 5.74) is -0.679. The first-order valence-corrected chi connectivity index (χ1v) is 6.69. The van der Waals surface area contributed by atoms with Gasteiger partial charge in [-0.25, -0.2) is 0 Å². The molecule has 1 aromatic rings. The molecule has 0 bridgehead atoms. The van der Waals surface area contributed by atoms with Crippen molar-refractivity contribution in [3.05, 3.63) is 29.8 Å². The maximum absolute atomic E-state index is 12.4. The Labute approximate surface area is 115 Å². The van der Waals surface area contributed by atoms with Crippen LogP contribution in [0.1, 0.15) is 31.7 Å². The molecule has 1 aromatic carbocycles. The van der Waals surface area contributed by atoms with Gasteiger partial charge in [0.15, 0.2) is 0 Å². The second-order valence-electron chi connectivity index (χ2n) is 5.01. The summed E-state index contributed by atoms with van der Waals surface area (Å²) in [4.78, 5) is 0. The fraction of sp³-hybridized carbons (Fsp3) is 0.571. The summed E-state index contributed by atoms with van der Waals surface area (Å²) >= 11 is 0. The van der Waals surface area contributed by atoms with Crippen molar-refractivity contribution in [1.29, 1.82) is 0 Å². The fourth-order valence-corrected chi connectivity index (χ4v) is 2.40. The molecule has 0 spiro atoms. The zero-order valence-electron chi connectivity index (χ0n) is 11.2. The first-order chi connectivity index (χ1) is 9.40. The van der Waals surface area contributed by atoms with Crippen molar-refractivity contribution in [2.45, 2.75) is 44.5 Å². The van der Waals surface area contributed by atoms with E-state index in [1.807, 2.05) is 6.92 Å². The van der Waals surface area contributed by atoms with Crippen LogP contribution >= 0.6 is 0 Å². The van der Waals surface area contributed by atoms with E-state index in [4.69, 9.17) is 4.74 Å². The summed E-state index contributed by atoms with van der Waals surface area (Å²) in [6.07, 6.45) is -2.25. The average Bonchev–Trinajstić information content (AvgIpc) is 2.40. The van der Waals surface area contributed by atoms with Crippen LogP contribution in [0, 0.1) is 0 Å². The fourth-order valence-electron chi connectivity index (χ4n) is 2.40. The van der Waals surface area contributed by atoms with Crippen molar-refractivity contribution < 1.29 is 23.1 Å². The zero-order valence-corrected chi connectivity index (χ0v) is 11.2. The Morgan fingerprint density at radius 2 is 1.95 bits per heavy atom. The minimum absolute atomic E-state index is 0.0446. The van der Waals surface area contributed by atoms with Gasteiger partial charge in [-0.2, -0.15) is 18.2 Å². The first kappa shape index (κ1) is 15.1. The molecule has 0 amide bonds. The van der Waals surface area contributed by atoms with Crippen LogP contribution in [-0.2, 0) is 6.18 Å². The summed E-state index contributed by atoms with van der Waals surface area (Å²) in [5.74, 6) is 0.434. The monoisotopic (exact) mass is 289 g/mol. The predicted molar refractivity (Wildman–Crippen MR) is 67.7 cm³/mol. The van der Waals surface area contributed by atoms with Gasteiger partial charge in [-0.1, -0.05) is 6.92 Å². The van der Waals surface area contributed by atoms with Gasteiger partial charge >= 0.3 is 6.18 Å². The predicted octanol–water partition coefficient (Wildman–Crippen LogP) is 3.72. The molecule has 1 N–H and O–H groups in total. The summed E-state index contributed by atoms with van der Waals surface area (Å²) in [5, 5.41) is 10.9. The third-order valence-electron chi connectivity index (χ3n) is 3.59. The van der Waals surface area contributed by atoms with Gasteiger partial charge in [0.1, 0.15) is 11.9 Å². The highest BCUT2D eigenvalue weighted by atomic mass is 19.4. The molecule has 112 valence electrons. The van der Waals surface area contributed by atoms with E-state index in [2.05, 4.69) is 0 Å². The third kappa shape index (κ3) is 3.64. The SMILES string of the molecule is CC[C@H]1C[C@@H](Oc2ccc(C(F)(F)F)cc2)CCN1O. The third-order valence-corrected chi connectivity index (χ3v) is 3.59. The smallest absolute Gasteiger partial charge is 0.416 e. The second kappa shape index (κ2) is 6.01. The van der Waals surface area contributed by atoms with Crippen LogP contribution in [0.15, 0.2) is 24.3 Å². The van der Waals surface area contributed by atoms with Crippen LogP contribution in [0.4, 0.5) is 13.2 Å². The van der Waals surface area contributed by atoms with E-state index < -0.39 is 11.7 Å². The number of hydroxylamine groups is 2. The highest BCUT2D eigenvalue weighted by Crippen LogP contribution is 2.31. The van der Waals surface area contributed by atoms with E-state index in [0.717, 1.165) is 18.6 Å². The van der Waals surface area contributed by atoms with Gasteiger partial charge in [-0.05, 0) is 37.1 Å². The second-order valence-corrected chi connectivity index (χ2v) is 5.01. The van der Waals surface area contributed by atoms with Crippen LogP contribution in [0.2, 0.25) is 0 Å². The van der Waals surface area contributed by atoms with Gasteiger partial charge in [0.05, 0.1) is 5.56 Å². The van der Waals surface area contributed by atoms with E-state index >= 15 is 0 Å². The molecule has 0 unspecified atom stereocenters. The largest absolute Gasteiger partial charge is 0.490 e. The first-order valence-electron chi connectivity index (χ1n) is 6.69. The lowest BCUT2D eigenvalue weighted by molar-refractivity contribution is -0.157. The quantitative estimate of drug-likeness (QED) is 0.920. The van der Waals surface area contributed by atoms with Crippen LogP contribution in [0.25, 0.3) is 0 Å². The van der Waals surface area contributed by atoms with E-state index in [-0.39, 0.29) is 12.1 Å². The average molecular weight is 289 g/mol. The Kier molecular flexibility index (Phi) is 4.55. The van der Waals surface area contributed by atoms with Gasteiger partial charge in [0.2, 0.25) is 0 Å². The van der Waals surface area contributed by atoms with Crippen LogP contribution in [0.5, 0.6) is 5.75 Å². The Morgan fingerprint density at radius 3 is 2.50 bits per heavy atom. The number of benzene rings is 1. The highest BCUT2D eigenvalue weighted by molar-refractivity contribution is 5.29. The molecular weight excluding hydrogens is 271 g/mol. The number of ether oxygens (including phenoxy) is 1. The molecule has 1 fully saturated rings. The Balaban J connectivity index is 1.97. The number of halogens is 3. The normalized spacial score (nSPS) is 24.6. The van der Waals surface area contributed by atoms with Gasteiger partial charge in [-0.15, -0.1) is 0 Å². The van der Waals surface area contributed by atoms with Crippen molar-refractivity contribution in [3.63, 3.8) is 0 Å². The van der Waals surface area contributed by atoms with E-state index in [0.29, 0.717) is 25.1 Å². The van der Waals surface area contributed by atoms with E-state index in [1.165, 1.54) is 17.2 Å². The lowest BCUT2D eigenvalue weighted by Crippen LogP contribution is -2.43. The van der Waals surface area contributed by atoms with Crippen LogP contribution in [-0.4, -0.2) is 29.0 Å². The number of nitrogens with zero attached hydrogens (tertiary/aromatic N) is 1. The van der Waals surface area contributed by atoms with Gasteiger partial charge < -0.3 is 9.94 Å². The maximum Gasteiger partial charge on any atom is 0.416 e. The van der Waals surface area contributed by atoms with Gasteiger partial charge in [0, 0.05) is 19.0 Å². The van der Waals surface area contributed by atoms with E-state index in [9.17, 15) is 18.4 Å². The summed E-state index contributed by atoms with van der Waals surface area (Å²) < 4.78 is 43.0. The standard InChI is InChI=1S/C14H18F3NO2/c1-2-11-9-13(7-8-18(11)19)20-12-5-3-10(4-6-12)14(15,16)17/h3-6,11,13,19H,2,7-9H2,1H3/t11-,13-/m0/s1. The van der Waals surface area contributed by atoms with Gasteiger partial charge in [0.25, 0.3) is 0 Å². The molecule has 1 saturated heterocycles. The van der Waals surface area contributed by atoms with Crippen LogP contribution in [0.3, 0.4) is 0 Å². The van der Waals surface area contributed by atoms with Crippen molar-refractivity contribution in [3.8, 4) is 5.75 Å². The number of piperidine rings is 1. The van der Waals surface area contributed by atoms with Crippen molar-refractivity contribution in [1.82, 2.24) is 5.06 Å². The van der Waals surface area contributed by atoms with Crippen molar-refractivity contribution in [2.75, 3.05) is 6.54 Å². The summed E-state index contributed by atoms with van der Waals surface area (Å²) in [7, 11) is 0. The Hall–Kier alpha value is -1.27. The number of rotatable bonds is 3. The molecule has 2 atom stereocenters. The van der Waals surface area contributed by atoms with E-state index in [1.54, 1.807) is 0 Å². The Bertz CT molecular complexity index is 433. The molecular formula is C14H18F3NO2. The number of hydrogen-bond acceptors (Lipinski definition) is 3. The summed E-state index contributed by atoms with van der Waals surface area (Å²) in [6.45, 7) is 2.50. The lowest BCUT2D eigenvalue weighted by Gasteiger charge is -2.34. The zero-order chi connectivity index (χ0) is 14.8. The Morgan fingerprint density at radius 1 is 1.30 bits per heavy atom. The van der Waals surface area contributed by atoms with Crippen molar-refractivity contribution >= 4 is 0 Å². The molecule has 1 aliphatic heterocycles. The topological polar surface area (TPSA) is 32.7 Å². The molecule has 0 radical (unpaired) electrons. The van der Waals surface area contributed by atoms with Crippen molar-refractivity contribution in [2.24, 2.45) is 0 Å². The molecule has 0 saturated carbocycles. The van der Waals surface area contributed by atoms with Crippen LogP contribution < -0.4 is 4.74 Å². The molecule has 6 heteroatoms. The molecule has 2 rings (SSSR count). The molecule has 1 aliphatic rings. The molecule has 0 aromatic heterocycles.